The molecule has 2 aromatic rings. The number of ether oxygens (including phenoxy) is 2. The van der Waals surface area contributed by atoms with E-state index in [9.17, 15) is 9.59 Å². The molecule has 0 spiro atoms. The third kappa shape index (κ3) is 6.57. The second-order valence-electron chi connectivity index (χ2n) is 6.36. The molecule has 0 aliphatic rings. The lowest BCUT2D eigenvalue weighted by molar-refractivity contribution is -0.151. The van der Waals surface area contributed by atoms with E-state index in [1.165, 1.54) is 0 Å². The highest BCUT2D eigenvalue weighted by Gasteiger charge is 2.10. The van der Waals surface area contributed by atoms with Gasteiger partial charge >= 0.3 is 11.9 Å². The second-order valence-corrected chi connectivity index (χ2v) is 6.36. The van der Waals surface area contributed by atoms with Gasteiger partial charge in [0.25, 0.3) is 0 Å². The van der Waals surface area contributed by atoms with Crippen molar-refractivity contribution in [2.75, 3.05) is 6.61 Å². The van der Waals surface area contributed by atoms with Crippen LogP contribution < -0.4 is 0 Å². The first-order chi connectivity index (χ1) is 12.1. The Bertz CT molecular complexity index is 708. The standard InChI is InChI=1S/C21H26O4/c1-3-16(2)12-13-24-20(22)10-11-21(23)25-15-17-8-9-18-6-4-5-7-19(18)14-17/h4-9,14,16H,3,10-13,15H2,1-2H3. The molecular weight excluding hydrogens is 316 g/mol. The van der Waals surface area contributed by atoms with Crippen LogP contribution in [-0.4, -0.2) is 18.5 Å². The number of hydrogen-bond donors (Lipinski definition) is 0. The maximum atomic E-state index is 11.8. The molecule has 0 heterocycles. The van der Waals surface area contributed by atoms with Gasteiger partial charge in [-0.25, -0.2) is 0 Å². The first kappa shape index (κ1) is 19.0. The predicted octanol–water partition coefficient (Wildman–Crippen LogP) is 4.64. The van der Waals surface area contributed by atoms with E-state index in [1.807, 2.05) is 42.5 Å². The summed E-state index contributed by atoms with van der Waals surface area (Å²) in [6.07, 6.45) is 2.04. The zero-order valence-corrected chi connectivity index (χ0v) is 15.0. The zero-order chi connectivity index (χ0) is 18.1. The molecule has 0 aliphatic heterocycles. The van der Waals surface area contributed by atoms with Gasteiger partial charge in [0, 0.05) is 0 Å². The van der Waals surface area contributed by atoms with Crippen LogP contribution in [0.4, 0.5) is 0 Å². The van der Waals surface area contributed by atoms with Crippen LogP contribution in [0.1, 0.15) is 45.1 Å². The van der Waals surface area contributed by atoms with Gasteiger partial charge in [0.2, 0.25) is 0 Å². The van der Waals surface area contributed by atoms with E-state index in [-0.39, 0.29) is 31.4 Å². The van der Waals surface area contributed by atoms with E-state index < -0.39 is 0 Å². The summed E-state index contributed by atoms with van der Waals surface area (Å²) in [7, 11) is 0. The third-order valence-electron chi connectivity index (χ3n) is 4.32. The number of hydrogen-bond acceptors (Lipinski definition) is 4. The van der Waals surface area contributed by atoms with Crippen LogP contribution in [0.3, 0.4) is 0 Å². The summed E-state index contributed by atoms with van der Waals surface area (Å²) in [5.41, 5.74) is 0.933. The van der Waals surface area contributed by atoms with Crippen LogP contribution in [0.25, 0.3) is 10.8 Å². The number of carbonyl (C=O) groups is 2. The molecule has 0 N–H and O–H groups in total. The zero-order valence-electron chi connectivity index (χ0n) is 15.0. The molecule has 134 valence electrons. The quantitative estimate of drug-likeness (QED) is 0.623. The van der Waals surface area contributed by atoms with Crippen LogP contribution in [0.15, 0.2) is 42.5 Å². The Morgan fingerprint density at radius 1 is 0.960 bits per heavy atom. The number of benzene rings is 2. The van der Waals surface area contributed by atoms with Gasteiger partial charge in [0.15, 0.2) is 0 Å². The molecule has 4 nitrogen and oxygen atoms in total. The molecule has 0 bridgehead atoms. The summed E-state index contributed by atoms with van der Waals surface area (Å²) in [6, 6.07) is 14.0. The molecule has 0 aromatic heterocycles. The van der Waals surface area contributed by atoms with E-state index in [0.717, 1.165) is 29.2 Å². The first-order valence-electron chi connectivity index (χ1n) is 8.87. The average Bonchev–Trinajstić information content (AvgIpc) is 2.64. The lowest BCUT2D eigenvalue weighted by atomic mass is 10.1. The van der Waals surface area contributed by atoms with Crippen molar-refractivity contribution in [1.82, 2.24) is 0 Å². The van der Waals surface area contributed by atoms with Crippen molar-refractivity contribution < 1.29 is 19.1 Å². The van der Waals surface area contributed by atoms with Crippen molar-refractivity contribution >= 4 is 22.7 Å². The predicted molar refractivity (Wildman–Crippen MR) is 98.0 cm³/mol. The summed E-state index contributed by atoms with van der Waals surface area (Å²) in [4.78, 5) is 23.4. The van der Waals surface area contributed by atoms with Gasteiger partial charge in [-0.15, -0.1) is 0 Å². The van der Waals surface area contributed by atoms with Crippen molar-refractivity contribution in [1.29, 1.82) is 0 Å². The Kier molecular flexibility index (Phi) is 7.45. The number of esters is 2. The molecule has 1 atom stereocenters. The van der Waals surface area contributed by atoms with Crippen molar-refractivity contribution in [3.63, 3.8) is 0 Å². The van der Waals surface area contributed by atoms with Crippen molar-refractivity contribution in [3.8, 4) is 0 Å². The molecule has 25 heavy (non-hydrogen) atoms. The van der Waals surface area contributed by atoms with Gasteiger partial charge in [-0.1, -0.05) is 56.7 Å². The summed E-state index contributed by atoms with van der Waals surface area (Å²) in [6.45, 7) is 4.86. The molecular formula is C21H26O4. The fraction of sp³-hybridized carbons (Fsp3) is 0.429. The molecule has 0 saturated carbocycles. The van der Waals surface area contributed by atoms with Gasteiger partial charge in [-0.3, -0.25) is 9.59 Å². The van der Waals surface area contributed by atoms with Gasteiger partial charge in [-0.05, 0) is 34.7 Å². The molecule has 0 saturated heterocycles. The highest BCUT2D eigenvalue weighted by molar-refractivity contribution is 5.83. The molecule has 0 amide bonds. The van der Waals surface area contributed by atoms with E-state index >= 15 is 0 Å². The fourth-order valence-electron chi connectivity index (χ4n) is 2.42. The maximum Gasteiger partial charge on any atom is 0.306 e. The van der Waals surface area contributed by atoms with E-state index in [2.05, 4.69) is 13.8 Å². The fourth-order valence-corrected chi connectivity index (χ4v) is 2.42. The Hall–Kier alpha value is -2.36. The molecule has 0 radical (unpaired) electrons. The second kappa shape index (κ2) is 9.82. The molecule has 0 fully saturated rings. The van der Waals surface area contributed by atoms with Crippen LogP contribution in [0, 0.1) is 5.92 Å². The number of fused-ring (bicyclic) bond motifs is 1. The van der Waals surface area contributed by atoms with Crippen molar-refractivity contribution in [3.05, 3.63) is 48.0 Å². The molecule has 0 aliphatic carbocycles. The largest absolute Gasteiger partial charge is 0.466 e. The summed E-state index contributed by atoms with van der Waals surface area (Å²) < 4.78 is 10.4. The molecule has 2 rings (SSSR count). The third-order valence-corrected chi connectivity index (χ3v) is 4.32. The van der Waals surface area contributed by atoms with Gasteiger partial charge < -0.3 is 9.47 Å². The van der Waals surface area contributed by atoms with Crippen LogP contribution in [-0.2, 0) is 25.7 Å². The SMILES string of the molecule is CCC(C)CCOC(=O)CCC(=O)OCc1ccc2ccccc2c1. The number of rotatable bonds is 9. The summed E-state index contributed by atoms with van der Waals surface area (Å²) in [5, 5.41) is 2.26. The average molecular weight is 342 g/mol. The smallest absolute Gasteiger partial charge is 0.306 e. The lowest BCUT2D eigenvalue weighted by Gasteiger charge is -2.09. The Labute approximate surface area is 149 Å². The maximum absolute atomic E-state index is 11.8. The molecule has 1 unspecified atom stereocenters. The minimum Gasteiger partial charge on any atom is -0.466 e. The van der Waals surface area contributed by atoms with Gasteiger partial charge in [-0.2, -0.15) is 0 Å². The highest BCUT2D eigenvalue weighted by atomic mass is 16.5. The van der Waals surface area contributed by atoms with E-state index in [4.69, 9.17) is 9.47 Å². The Morgan fingerprint density at radius 3 is 2.36 bits per heavy atom. The lowest BCUT2D eigenvalue weighted by Crippen LogP contribution is -2.12. The van der Waals surface area contributed by atoms with Crippen molar-refractivity contribution in [2.45, 2.75) is 46.1 Å². The molecule has 4 heteroatoms. The van der Waals surface area contributed by atoms with E-state index in [1.54, 1.807) is 0 Å². The molecule has 2 aromatic carbocycles. The highest BCUT2D eigenvalue weighted by Crippen LogP contribution is 2.16. The van der Waals surface area contributed by atoms with Gasteiger partial charge in [0.05, 0.1) is 19.4 Å². The first-order valence-corrected chi connectivity index (χ1v) is 8.87. The Balaban J connectivity index is 1.68. The summed E-state index contributed by atoms with van der Waals surface area (Å²) >= 11 is 0. The van der Waals surface area contributed by atoms with Gasteiger partial charge in [0.1, 0.15) is 6.61 Å². The van der Waals surface area contributed by atoms with Crippen LogP contribution in [0.5, 0.6) is 0 Å². The van der Waals surface area contributed by atoms with Crippen LogP contribution in [0.2, 0.25) is 0 Å². The topological polar surface area (TPSA) is 52.6 Å². The monoisotopic (exact) mass is 342 g/mol. The van der Waals surface area contributed by atoms with Crippen LogP contribution >= 0.6 is 0 Å². The minimum absolute atomic E-state index is 0.0513. The number of carbonyl (C=O) groups excluding carboxylic acids is 2. The summed E-state index contributed by atoms with van der Waals surface area (Å²) in [5.74, 6) is -0.183. The van der Waals surface area contributed by atoms with Crippen molar-refractivity contribution in [2.24, 2.45) is 5.92 Å². The minimum atomic E-state index is -0.382. The van der Waals surface area contributed by atoms with E-state index in [0.29, 0.717) is 12.5 Å². The normalized spacial score (nSPS) is 11.9. The Morgan fingerprint density at radius 2 is 1.64 bits per heavy atom.